The van der Waals surface area contributed by atoms with Gasteiger partial charge in [0.2, 0.25) is 0 Å². The van der Waals surface area contributed by atoms with Gasteiger partial charge in [-0.2, -0.15) is 0 Å². The van der Waals surface area contributed by atoms with Gasteiger partial charge < -0.3 is 4.89 Å². The van der Waals surface area contributed by atoms with Crippen LogP contribution in [0, 0.1) is 0 Å². The fourth-order valence-electron chi connectivity index (χ4n) is 0.256. The number of hydrogen-bond acceptors (Lipinski definition) is 2. The topological polar surface area (TPSA) is 18.5 Å². The second kappa shape index (κ2) is 2.60. The van der Waals surface area contributed by atoms with E-state index in [4.69, 9.17) is 0 Å². The van der Waals surface area contributed by atoms with Crippen LogP contribution in [0.1, 0.15) is 0 Å². The molecule has 0 saturated carbocycles. The Hall–Kier alpha value is -0.543. The van der Waals surface area contributed by atoms with Gasteiger partial charge in [-0.15, -0.1) is 0 Å². The molecule has 3 heteroatoms. The van der Waals surface area contributed by atoms with Gasteiger partial charge in [0.15, 0.2) is 0 Å². The van der Waals surface area contributed by atoms with Crippen LogP contribution in [0.25, 0.3) is 0 Å². The molecule has 1 aliphatic rings. The van der Waals surface area contributed by atoms with Crippen LogP contribution in [0.4, 0.5) is 0 Å². The Labute approximate surface area is 44.3 Å². The van der Waals surface area contributed by atoms with Gasteiger partial charge in [0.1, 0.15) is 6.26 Å². The molecule has 1 heterocycles. The van der Waals surface area contributed by atoms with Gasteiger partial charge >= 0.3 is 9.76 Å². The van der Waals surface area contributed by atoms with Crippen molar-refractivity contribution in [3.05, 3.63) is 24.1 Å². The highest BCUT2D eigenvalue weighted by atomic mass is 28.2. The van der Waals surface area contributed by atoms with Crippen molar-refractivity contribution in [3.8, 4) is 0 Å². The van der Waals surface area contributed by atoms with Crippen molar-refractivity contribution in [2.24, 2.45) is 0 Å². The van der Waals surface area contributed by atoms with E-state index in [2.05, 4.69) is 9.46 Å². The Kier molecular flexibility index (Phi) is 1.71. The fraction of sp³-hybridized carbons (Fsp3) is 0. The minimum absolute atomic E-state index is 0.329. The van der Waals surface area contributed by atoms with Crippen molar-refractivity contribution in [1.29, 1.82) is 0 Å². The molecule has 0 saturated heterocycles. The molecule has 0 bridgehead atoms. The molecule has 0 amide bonds. The van der Waals surface area contributed by atoms with E-state index in [0.717, 1.165) is 0 Å². The Balaban J connectivity index is 2.39. The maximum Gasteiger partial charge on any atom is 0.331 e. The van der Waals surface area contributed by atoms with E-state index in [1.165, 1.54) is 6.26 Å². The molecule has 1 rings (SSSR count). The highest BCUT2D eigenvalue weighted by molar-refractivity contribution is 6.34. The maximum absolute atomic E-state index is 4.55. The molecule has 0 aromatic heterocycles. The summed E-state index contributed by atoms with van der Waals surface area (Å²) in [6.45, 7) is 0. The molecule has 2 nitrogen and oxygen atoms in total. The van der Waals surface area contributed by atoms with Gasteiger partial charge in [0.05, 0.1) is 0 Å². The van der Waals surface area contributed by atoms with Crippen LogP contribution >= 0.6 is 0 Å². The van der Waals surface area contributed by atoms with Gasteiger partial charge in [-0.3, -0.25) is 0 Å². The van der Waals surface area contributed by atoms with Crippen LogP contribution < -0.4 is 0 Å². The fourth-order valence-corrected chi connectivity index (χ4v) is 0.612. The molecule has 36 valence electrons. The Bertz CT molecular complexity index is 85.9. The van der Waals surface area contributed by atoms with Gasteiger partial charge in [0.25, 0.3) is 0 Å². The molecule has 0 fully saturated rings. The third-order valence-corrected chi connectivity index (χ3v) is 1.03. The van der Waals surface area contributed by atoms with E-state index in [-0.39, 0.29) is 0 Å². The first-order valence-corrected chi connectivity index (χ1v) is 2.88. The standard InChI is InChI=1S/C4H4O2Si/c1-2-4-7-6-5-3-1/h1-4H. The Morgan fingerprint density at radius 1 is 1.29 bits per heavy atom. The Morgan fingerprint density at radius 3 is 3.29 bits per heavy atom. The van der Waals surface area contributed by atoms with Crippen LogP contribution in [-0.2, 0) is 9.46 Å². The van der Waals surface area contributed by atoms with Gasteiger partial charge in [-0.05, 0) is 6.08 Å². The minimum Gasteiger partial charge on any atom is -0.357 e. The number of allylic oxidation sites excluding steroid dienone is 2. The summed E-state index contributed by atoms with van der Waals surface area (Å²) >= 11 is 0. The lowest BCUT2D eigenvalue weighted by Crippen LogP contribution is -1.88. The smallest absolute Gasteiger partial charge is 0.331 e. The lowest BCUT2D eigenvalue weighted by Gasteiger charge is -1.88. The minimum atomic E-state index is 0.329. The van der Waals surface area contributed by atoms with Gasteiger partial charge in [0, 0.05) is 0 Å². The lowest BCUT2D eigenvalue weighted by atomic mass is 10.6. The summed E-state index contributed by atoms with van der Waals surface area (Å²) in [7, 11) is 0.329. The van der Waals surface area contributed by atoms with Crippen LogP contribution in [0.15, 0.2) is 24.1 Å². The highest BCUT2D eigenvalue weighted by Gasteiger charge is 1.84. The molecule has 0 aliphatic carbocycles. The average Bonchev–Trinajstić information content (AvgIpc) is 1.90. The van der Waals surface area contributed by atoms with E-state index in [9.17, 15) is 0 Å². The molecular formula is C4H4O2Si. The molecular weight excluding hydrogens is 108 g/mol. The van der Waals surface area contributed by atoms with Crippen molar-refractivity contribution in [2.75, 3.05) is 0 Å². The molecule has 0 spiro atoms. The SMILES string of the molecule is C1=COO[Si]C=C1. The first-order chi connectivity index (χ1) is 3.50. The van der Waals surface area contributed by atoms with Crippen molar-refractivity contribution >= 4 is 9.76 Å². The summed E-state index contributed by atoms with van der Waals surface area (Å²) in [4.78, 5) is 4.46. The first kappa shape index (κ1) is 4.61. The quantitative estimate of drug-likeness (QED) is 0.337. The van der Waals surface area contributed by atoms with Crippen molar-refractivity contribution in [2.45, 2.75) is 0 Å². The average molecular weight is 112 g/mol. The zero-order chi connectivity index (χ0) is 4.95. The summed E-state index contributed by atoms with van der Waals surface area (Å²) in [5.41, 5.74) is 1.89. The van der Waals surface area contributed by atoms with Crippen LogP contribution in [0.2, 0.25) is 0 Å². The molecule has 0 aromatic rings. The zero-order valence-electron chi connectivity index (χ0n) is 3.63. The van der Waals surface area contributed by atoms with Crippen LogP contribution in [0.5, 0.6) is 0 Å². The van der Waals surface area contributed by atoms with Gasteiger partial charge in [-0.25, -0.2) is 4.58 Å². The van der Waals surface area contributed by atoms with E-state index in [0.29, 0.717) is 9.76 Å². The summed E-state index contributed by atoms with van der Waals surface area (Å²) < 4.78 is 4.55. The molecule has 0 atom stereocenters. The van der Waals surface area contributed by atoms with Crippen molar-refractivity contribution in [1.82, 2.24) is 0 Å². The third kappa shape index (κ3) is 1.56. The number of hydrogen-bond donors (Lipinski definition) is 0. The van der Waals surface area contributed by atoms with Crippen molar-refractivity contribution < 1.29 is 9.46 Å². The van der Waals surface area contributed by atoms with Crippen LogP contribution in [0.3, 0.4) is 0 Å². The molecule has 7 heavy (non-hydrogen) atoms. The summed E-state index contributed by atoms with van der Waals surface area (Å²) in [6, 6.07) is 0. The highest BCUT2D eigenvalue weighted by Crippen LogP contribution is 1.86. The molecule has 0 N–H and O–H groups in total. The third-order valence-electron chi connectivity index (χ3n) is 0.506. The lowest BCUT2D eigenvalue weighted by molar-refractivity contribution is -0.147. The normalized spacial score (nSPS) is 18.3. The molecule has 0 aromatic carbocycles. The molecule has 2 radical (unpaired) electrons. The second-order valence-corrected chi connectivity index (χ2v) is 1.72. The summed E-state index contributed by atoms with van der Waals surface area (Å²) in [6.07, 6.45) is 5.15. The van der Waals surface area contributed by atoms with E-state index in [1.807, 2.05) is 11.8 Å². The van der Waals surface area contributed by atoms with Gasteiger partial charge in [-0.1, -0.05) is 11.8 Å². The van der Waals surface area contributed by atoms with E-state index >= 15 is 0 Å². The molecule has 0 unspecified atom stereocenters. The van der Waals surface area contributed by atoms with E-state index in [1.54, 1.807) is 6.08 Å². The number of rotatable bonds is 0. The van der Waals surface area contributed by atoms with Crippen LogP contribution in [-0.4, -0.2) is 9.76 Å². The maximum atomic E-state index is 4.55. The predicted molar refractivity (Wildman–Crippen MR) is 26.2 cm³/mol. The van der Waals surface area contributed by atoms with E-state index < -0.39 is 0 Å². The largest absolute Gasteiger partial charge is 0.357 e. The first-order valence-electron chi connectivity index (χ1n) is 1.90. The second-order valence-electron chi connectivity index (χ2n) is 0.985. The monoisotopic (exact) mass is 112 g/mol. The Morgan fingerprint density at radius 2 is 2.29 bits per heavy atom. The molecule has 1 aliphatic heterocycles. The summed E-state index contributed by atoms with van der Waals surface area (Å²) in [5, 5.41) is 0. The summed E-state index contributed by atoms with van der Waals surface area (Å²) in [5.74, 6) is 0. The predicted octanol–water partition coefficient (Wildman–Crippen LogP) is 0.595. The van der Waals surface area contributed by atoms with Crippen molar-refractivity contribution in [3.63, 3.8) is 0 Å². The zero-order valence-corrected chi connectivity index (χ0v) is 4.63.